The lowest BCUT2D eigenvalue weighted by molar-refractivity contribution is 0.880. The average molecular weight is 305 g/mol. The largest absolute Gasteiger partial charge is 0.377 e. The Balaban J connectivity index is 2.09. The topological polar surface area (TPSA) is 24.9 Å². The van der Waals surface area contributed by atoms with Crippen molar-refractivity contribution < 1.29 is 0 Å². The summed E-state index contributed by atoms with van der Waals surface area (Å²) < 4.78 is 0.987. The molecule has 3 heteroatoms. The van der Waals surface area contributed by atoms with Crippen LogP contribution < -0.4 is 5.32 Å². The smallest absolute Gasteiger partial charge is 0.0542 e. The Morgan fingerprint density at radius 2 is 1.94 bits per heavy atom. The van der Waals surface area contributed by atoms with Crippen LogP contribution in [0, 0.1) is 0 Å². The zero-order valence-electron chi connectivity index (χ0n) is 10.7. The van der Waals surface area contributed by atoms with E-state index < -0.39 is 0 Å². The minimum Gasteiger partial charge on any atom is -0.377 e. The van der Waals surface area contributed by atoms with Gasteiger partial charge in [0.25, 0.3) is 0 Å². The molecule has 1 N–H and O–H groups in total. The lowest BCUT2D eigenvalue weighted by Gasteiger charge is -2.16. The summed E-state index contributed by atoms with van der Waals surface area (Å²) in [6, 6.07) is 11.0. The van der Waals surface area contributed by atoms with Gasteiger partial charge in [-0.1, -0.05) is 31.2 Å². The number of benzene rings is 1. The number of hydrogen-bond donors (Lipinski definition) is 1. The second-order valence-electron chi connectivity index (χ2n) is 4.35. The summed E-state index contributed by atoms with van der Waals surface area (Å²) in [6.45, 7) is 4.33. The number of nitrogens with zero attached hydrogens (tertiary/aromatic N) is 1. The lowest BCUT2D eigenvalue weighted by atomic mass is 10.0. The van der Waals surface area contributed by atoms with Crippen LogP contribution in [0.1, 0.15) is 31.0 Å². The highest BCUT2D eigenvalue weighted by Crippen LogP contribution is 2.21. The first-order chi connectivity index (χ1) is 8.69. The van der Waals surface area contributed by atoms with Crippen LogP contribution in [0.4, 0.5) is 5.69 Å². The number of pyridine rings is 1. The quantitative estimate of drug-likeness (QED) is 0.894. The molecule has 2 nitrogen and oxygen atoms in total. The van der Waals surface area contributed by atoms with Gasteiger partial charge in [-0.05, 0) is 46.5 Å². The molecule has 0 saturated carbocycles. The van der Waals surface area contributed by atoms with E-state index in [2.05, 4.69) is 64.3 Å². The fourth-order valence-corrected chi connectivity index (χ4v) is 2.23. The van der Waals surface area contributed by atoms with Crippen LogP contribution in [0.15, 0.2) is 47.2 Å². The molecule has 0 aliphatic heterocycles. The predicted molar refractivity (Wildman–Crippen MR) is 79.8 cm³/mol. The predicted octanol–water partition coefficient (Wildman–Crippen LogP) is 4.58. The summed E-state index contributed by atoms with van der Waals surface area (Å²) in [5.74, 6) is 0. The van der Waals surface area contributed by atoms with E-state index in [1.54, 1.807) is 6.20 Å². The Morgan fingerprint density at radius 1 is 1.22 bits per heavy atom. The summed E-state index contributed by atoms with van der Waals surface area (Å²) in [5.41, 5.74) is 3.68. The van der Waals surface area contributed by atoms with Gasteiger partial charge in [-0.25, -0.2) is 0 Å². The Morgan fingerprint density at radius 3 is 2.56 bits per heavy atom. The third-order valence-corrected chi connectivity index (χ3v) is 3.41. The number of aryl methyl sites for hydroxylation is 1. The van der Waals surface area contributed by atoms with Gasteiger partial charge < -0.3 is 5.32 Å². The second kappa shape index (κ2) is 6.01. The van der Waals surface area contributed by atoms with Crippen LogP contribution in [0.25, 0.3) is 0 Å². The van der Waals surface area contributed by atoms with E-state index in [0.717, 1.165) is 16.6 Å². The molecule has 94 valence electrons. The third-order valence-electron chi connectivity index (χ3n) is 2.98. The number of halogens is 1. The van der Waals surface area contributed by atoms with Crippen molar-refractivity contribution in [2.75, 3.05) is 5.32 Å². The molecule has 1 aromatic carbocycles. The molecule has 2 aromatic rings. The number of anilines is 1. The fourth-order valence-electron chi connectivity index (χ4n) is 1.87. The highest BCUT2D eigenvalue weighted by molar-refractivity contribution is 9.10. The number of hydrogen-bond acceptors (Lipinski definition) is 2. The van der Waals surface area contributed by atoms with Crippen LogP contribution >= 0.6 is 15.9 Å². The molecule has 0 saturated heterocycles. The molecule has 0 aliphatic carbocycles. The molecular formula is C15H17BrN2. The van der Waals surface area contributed by atoms with Crippen molar-refractivity contribution >= 4 is 21.6 Å². The number of nitrogens with one attached hydrogen (secondary N) is 1. The van der Waals surface area contributed by atoms with E-state index in [9.17, 15) is 0 Å². The van der Waals surface area contributed by atoms with E-state index in [-0.39, 0.29) is 6.04 Å². The second-order valence-corrected chi connectivity index (χ2v) is 5.27. The molecule has 0 aliphatic rings. The van der Waals surface area contributed by atoms with Gasteiger partial charge in [0.05, 0.1) is 11.9 Å². The molecule has 1 unspecified atom stereocenters. The van der Waals surface area contributed by atoms with Crippen molar-refractivity contribution in [3.8, 4) is 0 Å². The van der Waals surface area contributed by atoms with Gasteiger partial charge in [0.1, 0.15) is 0 Å². The molecule has 2 rings (SSSR count). The van der Waals surface area contributed by atoms with Gasteiger partial charge in [0, 0.05) is 16.7 Å². The summed E-state index contributed by atoms with van der Waals surface area (Å²) in [6.07, 6.45) is 4.70. The van der Waals surface area contributed by atoms with E-state index in [1.165, 1.54) is 11.1 Å². The normalized spacial score (nSPS) is 12.2. The van der Waals surface area contributed by atoms with Crippen LogP contribution in [0.5, 0.6) is 0 Å². The highest BCUT2D eigenvalue weighted by Gasteiger charge is 2.05. The molecular weight excluding hydrogens is 288 g/mol. The van der Waals surface area contributed by atoms with Gasteiger partial charge >= 0.3 is 0 Å². The molecule has 0 amide bonds. The molecule has 0 fully saturated rings. The van der Waals surface area contributed by atoms with Crippen LogP contribution in [-0.2, 0) is 6.42 Å². The summed E-state index contributed by atoms with van der Waals surface area (Å²) in [4.78, 5) is 4.15. The Hall–Kier alpha value is -1.35. The molecule has 1 atom stereocenters. The Labute approximate surface area is 117 Å². The average Bonchev–Trinajstić information content (AvgIpc) is 2.39. The highest BCUT2D eigenvalue weighted by atomic mass is 79.9. The summed E-state index contributed by atoms with van der Waals surface area (Å²) in [5, 5.41) is 3.44. The summed E-state index contributed by atoms with van der Waals surface area (Å²) in [7, 11) is 0. The zero-order chi connectivity index (χ0) is 13.0. The van der Waals surface area contributed by atoms with Gasteiger partial charge in [-0.15, -0.1) is 0 Å². The zero-order valence-corrected chi connectivity index (χ0v) is 12.2. The minimum atomic E-state index is 0.270. The monoisotopic (exact) mass is 304 g/mol. The van der Waals surface area contributed by atoms with Crippen molar-refractivity contribution in [3.05, 3.63) is 58.3 Å². The number of aromatic nitrogens is 1. The first kappa shape index (κ1) is 13.1. The van der Waals surface area contributed by atoms with Crippen LogP contribution in [-0.4, -0.2) is 4.98 Å². The standard InChI is InChI=1S/C15H17BrN2/c1-3-12-4-6-13(7-5-12)11(2)18-15-8-14(16)9-17-10-15/h4-11,18H,3H2,1-2H3. The molecule has 1 aromatic heterocycles. The minimum absolute atomic E-state index is 0.270. The van der Waals surface area contributed by atoms with E-state index >= 15 is 0 Å². The van der Waals surface area contributed by atoms with Gasteiger partial charge in [0.15, 0.2) is 0 Å². The first-order valence-electron chi connectivity index (χ1n) is 6.15. The molecule has 0 bridgehead atoms. The van der Waals surface area contributed by atoms with Crippen molar-refractivity contribution in [3.63, 3.8) is 0 Å². The van der Waals surface area contributed by atoms with E-state index in [1.807, 2.05) is 12.3 Å². The third kappa shape index (κ3) is 3.33. The van der Waals surface area contributed by atoms with Crippen molar-refractivity contribution in [1.82, 2.24) is 4.98 Å². The molecule has 1 heterocycles. The van der Waals surface area contributed by atoms with Crippen LogP contribution in [0.2, 0.25) is 0 Å². The van der Waals surface area contributed by atoms with Crippen LogP contribution in [0.3, 0.4) is 0 Å². The molecule has 0 radical (unpaired) electrons. The summed E-state index contributed by atoms with van der Waals surface area (Å²) >= 11 is 3.42. The lowest BCUT2D eigenvalue weighted by Crippen LogP contribution is -2.06. The van der Waals surface area contributed by atoms with Crippen molar-refractivity contribution in [2.45, 2.75) is 26.3 Å². The maximum absolute atomic E-state index is 4.15. The van der Waals surface area contributed by atoms with Gasteiger partial charge in [-0.2, -0.15) is 0 Å². The van der Waals surface area contributed by atoms with Gasteiger partial charge in [0.2, 0.25) is 0 Å². The fraction of sp³-hybridized carbons (Fsp3) is 0.267. The SMILES string of the molecule is CCc1ccc(C(C)Nc2cncc(Br)c2)cc1. The first-order valence-corrected chi connectivity index (χ1v) is 6.94. The Bertz CT molecular complexity index is 508. The molecule has 18 heavy (non-hydrogen) atoms. The van der Waals surface area contributed by atoms with E-state index in [0.29, 0.717) is 0 Å². The maximum Gasteiger partial charge on any atom is 0.0542 e. The van der Waals surface area contributed by atoms with Crippen molar-refractivity contribution in [1.29, 1.82) is 0 Å². The van der Waals surface area contributed by atoms with E-state index in [4.69, 9.17) is 0 Å². The Kier molecular flexibility index (Phi) is 4.37. The van der Waals surface area contributed by atoms with Crippen molar-refractivity contribution in [2.24, 2.45) is 0 Å². The number of rotatable bonds is 4. The van der Waals surface area contributed by atoms with Gasteiger partial charge in [-0.3, -0.25) is 4.98 Å². The maximum atomic E-state index is 4.15. The molecule has 0 spiro atoms.